The van der Waals surface area contributed by atoms with Gasteiger partial charge in [-0.15, -0.1) is 0 Å². The van der Waals surface area contributed by atoms with Crippen molar-refractivity contribution in [2.45, 2.75) is 65.7 Å². The Hall–Kier alpha value is -0.760. The zero-order chi connectivity index (χ0) is 17.1. The maximum Gasteiger partial charge on any atom is 0.0959 e. The Bertz CT molecular complexity index is 589. The predicted octanol–water partition coefficient (Wildman–Crippen LogP) is 5.09. The number of ether oxygens (including phenoxy) is 1. The van der Waals surface area contributed by atoms with E-state index in [1.165, 1.54) is 37.9 Å². The topological polar surface area (TPSA) is 29.5 Å². The first-order valence-electron chi connectivity index (χ1n) is 9.98. The molecule has 2 saturated carbocycles. The van der Waals surface area contributed by atoms with Gasteiger partial charge in [-0.2, -0.15) is 0 Å². The predicted molar refractivity (Wildman–Crippen MR) is 97.4 cm³/mol. The van der Waals surface area contributed by atoms with Gasteiger partial charge in [-0.25, -0.2) is 0 Å². The molecule has 0 aliphatic heterocycles. The third-order valence-corrected chi connectivity index (χ3v) is 8.78. The van der Waals surface area contributed by atoms with Crippen LogP contribution < -0.4 is 0 Å². The van der Waals surface area contributed by atoms with E-state index in [1.54, 1.807) is 11.1 Å². The lowest BCUT2D eigenvalue weighted by molar-refractivity contribution is -0.0645. The number of fused-ring (bicyclic) bond motifs is 4. The van der Waals surface area contributed by atoms with Crippen LogP contribution in [0.2, 0.25) is 0 Å². The molecule has 2 nitrogen and oxygen atoms in total. The van der Waals surface area contributed by atoms with Crippen molar-refractivity contribution in [3.8, 4) is 0 Å². The third kappa shape index (κ3) is 2.11. The molecule has 4 aliphatic rings. The van der Waals surface area contributed by atoms with E-state index in [1.807, 2.05) is 7.11 Å². The maximum atomic E-state index is 10.1. The van der Waals surface area contributed by atoms with Crippen LogP contribution in [0.25, 0.3) is 0 Å². The molecule has 0 amide bonds. The van der Waals surface area contributed by atoms with Crippen LogP contribution >= 0.6 is 0 Å². The maximum absolute atomic E-state index is 10.1. The molecule has 24 heavy (non-hydrogen) atoms. The molecular formula is C22H34O2. The van der Waals surface area contributed by atoms with E-state index in [4.69, 9.17) is 4.74 Å². The van der Waals surface area contributed by atoms with Gasteiger partial charge >= 0.3 is 0 Å². The lowest BCUT2D eigenvalue weighted by atomic mass is 9.49. The van der Waals surface area contributed by atoms with E-state index < -0.39 is 0 Å². The van der Waals surface area contributed by atoms with Gasteiger partial charge in [0.25, 0.3) is 0 Å². The van der Waals surface area contributed by atoms with Crippen molar-refractivity contribution < 1.29 is 9.84 Å². The molecule has 1 N–H and O–H groups in total. The fourth-order valence-electron chi connectivity index (χ4n) is 7.08. The number of methoxy groups -OCH3 is 1. The first-order chi connectivity index (χ1) is 11.4. The van der Waals surface area contributed by atoms with Crippen LogP contribution in [0.4, 0.5) is 0 Å². The summed E-state index contributed by atoms with van der Waals surface area (Å²) in [6, 6.07) is 0. The molecule has 0 heterocycles. The highest BCUT2D eigenvalue weighted by Crippen LogP contribution is 2.67. The van der Waals surface area contributed by atoms with Gasteiger partial charge in [-0.1, -0.05) is 31.9 Å². The molecule has 2 fully saturated rings. The highest BCUT2D eigenvalue weighted by Gasteiger charge is 2.60. The van der Waals surface area contributed by atoms with Crippen LogP contribution in [0.15, 0.2) is 23.0 Å². The number of hydrogen-bond acceptors (Lipinski definition) is 2. The Kier molecular flexibility index (Phi) is 3.91. The van der Waals surface area contributed by atoms with Gasteiger partial charge in [0, 0.05) is 13.0 Å². The van der Waals surface area contributed by atoms with Crippen molar-refractivity contribution >= 4 is 0 Å². The molecule has 4 aliphatic carbocycles. The van der Waals surface area contributed by atoms with Crippen LogP contribution in [0.1, 0.15) is 65.7 Å². The number of hydrogen-bond donors (Lipinski definition) is 1. The van der Waals surface area contributed by atoms with Crippen LogP contribution in [-0.4, -0.2) is 18.8 Å². The summed E-state index contributed by atoms with van der Waals surface area (Å²) < 4.78 is 5.54. The Morgan fingerprint density at radius 1 is 1.25 bits per heavy atom. The minimum atomic E-state index is 0.132. The molecule has 0 aromatic heterocycles. The summed E-state index contributed by atoms with van der Waals surface area (Å²) in [6.07, 6.45) is 10.9. The summed E-state index contributed by atoms with van der Waals surface area (Å²) in [6.45, 7) is 7.70. The first-order valence-corrected chi connectivity index (χ1v) is 9.98. The molecule has 0 radical (unpaired) electrons. The summed E-state index contributed by atoms with van der Waals surface area (Å²) in [4.78, 5) is 0. The first kappa shape index (κ1) is 16.7. The van der Waals surface area contributed by atoms with Gasteiger partial charge in [-0.3, -0.25) is 0 Å². The molecule has 0 aromatic rings. The van der Waals surface area contributed by atoms with Crippen LogP contribution in [0, 0.1) is 34.5 Å². The van der Waals surface area contributed by atoms with Crippen LogP contribution in [0.5, 0.6) is 0 Å². The molecule has 0 aromatic carbocycles. The molecule has 0 saturated heterocycles. The van der Waals surface area contributed by atoms with E-state index in [-0.39, 0.29) is 5.41 Å². The highest BCUT2D eigenvalue weighted by atomic mass is 16.5. The van der Waals surface area contributed by atoms with Crippen LogP contribution in [0.3, 0.4) is 0 Å². The zero-order valence-corrected chi connectivity index (χ0v) is 15.9. The summed E-state index contributed by atoms with van der Waals surface area (Å²) in [7, 11) is 1.81. The quantitative estimate of drug-likeness (QED) is 0.715. The smallest absolute Gasteiger partial charge is 0.0959 e. The van der Waals surface area contributed by atoms with Crippen molar-refractivity contribution in [3.05, 3.63) is 23.0 Å². The van der Waals surface area contributed by atoms with Crippen molar-refractivity contribution in [2.24, 2.45) is 34.5 Å². The van der Waals surface area contributed by atoms with Crippen LogP contribution in [-0.2, 0) is 4.74 Å². The second kappa shape index (κ2) is 5.62. The number of aliphatic hydroxyl groups excluding tert-OH is 1. The molecule has 6 atom stereocenters. The number of aliphatic hydroxyl groups is 1. The molecule has 2 heteroatoms. The molecule has 134 valence electrons. The second-order valence-electron chi connectivity index (χ2n) is 9.57. The molecule has 0 spiro atoms. The number of allylic oxidation sites excluding steroid dienone is 3. The van der Waals surface area contributed by atoms with Gasteiger partial charge in [-0.05, 0) is 79.1 Å². The summed E-state index contributed by atoms with van der Waals surface area (Å²) in [5.74, 6) is 4.36. The van der Waals surface area contributed by atoms with Gasteiger partial charge in [0.2, 0.25) is 0 Å². The molecule has 0 unspecified atom stereocenters. The lowest BCUT2D eigenvalue weighted by Gasteiger charge is -2.56. The van der Waals surface area contributed by atoms with Gasteiger partial charge in [0.05, 0.1) is 12.9 Å². The lowest BCUT2D eigenvalue weighted by Crippen LogP contribution is -2.50. The van der Waals surface area contributed by atoms with E-state index in [2.05, 4.69) is 26.8 Å². The van der Waals surface area contributed by atoms with Gasteiger partial charge < -0.3 is 9.84 Å². The minimum Gasteiger partial charge on any atom is -0.501 e. The van der Waals surface area contributed by atoms with E-state index in [0.717, 1.165) is 36.5 Å². The Morgan fingerprint density at radius 3 is 2.75 bits per heavy atom. The normalized spacial score (nSPS) is 47.6. The SMILES string of the molecule is COC1=CCC2=C(C1)C[C@@H](C)[C@@H]1[C@@H]2CC[C@@]2(C)[C@@H]1CC[C@@]2(C)CO. The fourth-order valence-corrected chi connectivity index (χ4v) is 7.08. The van der Waals surface area contributed by atoms with E-state index in [0.29, 0.717) is 12.0 Å². The van der Waals surface area contributed by atoms with E-state index in [9.17, 15) is 5.11 Å². The van der Waals surface area contributed by atoms with Gasteiger partial charge in [0.1, 0.15) is 0 Å². The van der Waals surface area contributed by atoms with E-state index >= 15 is 0 Å². The van der Waals surface area contributed by atoms with Crippen molar-refractivity contribution in [2.75, 3.05) is 13.7 Å². The summed E-state index contributed by atoms with van der Waals surface area (Å²) in [5.41, 5.74) is 3.91. The largest absolute Gasteiger partial charge is 0.501 e. The molecule has 0 bridgehead atoms. The minimum absolute atomic E-state index is 0.132. The van der Waals surface area contributed by atoms with Crippen molar-refractivity contribution in [1.29, 1.82) is 0 Å². The zero-order valence-electron chi connectivity index (χ0n) is 15.9. The molecule has 4 rings (SSSR count). The number of rotatable bonds is 2. The van der Waals surface area contributed by atoms with Gasteiger partial charge in [0.15, 0.2) is 0 Å². The molecular weight excluding hydrogens is 296 g/mol. The average molecular weight is 331 g/mol. The third-order valence-electron chi connectivity index (χ3n) is 8.78. The standard InChI is InChI=1S/C22H34O2/c1-14-11-15-12-16(24-4)5-6-17(15)18-7-10-22(3)19(20(14)18)8-9-21(22,2)13-23/h5,14,18-20,23H,6-13H2,1-4H3/t14-,18-,19-,20-,21+,22+/m1/s1. The van der Waals surface area contributed by atoms with Crippen molar-refractivity contribution in [3.63, 3.8) is 0 Å². The fraction of sp³-hybridized carbons (Fsp3) is 0.818. The summed E-state index contributed by atoms with van der Waals surface area (Å²) in [5, 5.41) is 10.1. The van der Waals surface area contributed by atoms with Crippen molar-refractivity contribution in [1.82, 2.24) is 0 Å². The Balaban J connectivity index is 1.66. The Morgan fingerprint density at radius 2 is 2.04 bits per heavy atom. The Labute approximate surface area is 147 Å². The second-order valence-corrected chi connectivity index (χ2v) is 9.57. The monoisotopic (exact) mass is 330 g/mol. The average Bonchev–Trinajstić information content (AvgIpc) is 2.86. The highest BCUT2D eigenvalue weighted by molar-refractivity contribution is 5.33. The summed E-state index contributed by atoms with van der Waals surface area (Å²) >= 11 is 0.